The summed E-state index contributed by atoms with van der Waals surface area (Å²) < 4.78 is 24.9. The van der Waals surface area contributed by atoms with Gasteiger partial charge in [0.15, 0.2) is 0 Å². The van der Waals surface area contributed by atoms with Gasteiger partial charge >= 0.3 is 5.97 Å². The average Bonchev–Trinajstić information content (AvgIpc) is 2.76. The maximum absolute atomic E-state index is 13.9. The van der Waals surface area contributed by atoms with E-state index in [1.807, 2.05) is 6.92 Å². The number of hydrogen-bond donors (Lipinski definition) is 1. The molecule has 5 nitrogen and oxygen atoms in total. The van der Waals surface area contributed by atoms with Crippen molar-refractivity contribution in [3.05, 3.63) is 95.3 Å². The maximum Gasteiger partial charge on any atom is 0.339 e. The van der Waals surface area contributed by atoms with E-state index in [0.717, 1.165) is 6.07 Å². The lowest BCUT2D eigenvalue weighted by molar-refractivity contribution is -0.125. The van der Waals surface area contributed by atoms with Crippen molar-refractivity contribution in [3.63, 3.8) is 0 Å². The van der Waals surface area contributed by atoms with Crippen molar-refractivity contribution >= 4 is 17.6 Å². The first-order valence-corrected chi connectivity index (χ1v) is 9.54. The first kappa shape index (κ1) is 21.0. The lowest BCUT2D eigenvalue weighted by Crippen LogP contribution is -2.26. The molecule has 6 heteroatoms. The van der Waals surface area contributed by atoms with E-state index in [-0.39, 0.29) is 5.56 Å². The molecule has 0 saturated carbocycles. The molecular formula is C24H22FNO4. The smallest absolute Gasteiger partial charge is 0.339 e. The number of hydrogen-bond acceptors (Lipinski definition) is 4. The van der Waals surface area contributed by atoms with Crippen LogP contribution in [0.2, 0.25) is 0 Å². The first-order valence-electron chi connectivity index (χ1n) is 9.54. The molecule has 0 radical (unpaired) electrons. The van der Waals surface area contributed by atoms with Crippen molar-refractivity contribution in [1.82, 2.24) is 0 Å². The van der Waals surface area contributed by atoms with Gasteiger partial charge in [0.05, 0.1) is 17.9 Å². The number of esters is 1. The summed E-state index contributed by atoms with van der Waals surface area (Å²) in [6.07, 6.45) is -1.22. The molecule has 0 bridgehead atoms. The minimum atomic E-state index is -1.22. The summed E-state index contributed by atoms with van der Waals surface area (Å²) in [6, 6.07) is 19.7. The van der Waals surface area contributed by atoms with E-state index in [1.54, 1.807) is 61.5 Å². The van der Waals surface area contributed by atoms with Gasteiger partial charge in [-0.25, -0.2) is 9.18 Å². The number of aryl methyl sites for hydroxylation is 1. The molecule has 1 N–H and O–H groups in total. The van der Waals surface area contributed by atoms with Gasteiger partial charge in [-0.05, 0) is 43.7 Å². The third-order valence-corrected chi connectivity index (χ3v) is 4.42. The normalized spacial score (nSPS) is 11.4. The standard InChI is InChI=1S/C24H22FNO4/c1-3-29-21-12-8-7-11-20(21)26-23(27)22(17-9-5-4-6-10-17)30-24(28)18-14-13-16(2)19(25)15-18/h4-15,22H,3H2,1-2H3,(H,26,27)/t22-/m0/s1. The Hall–Kier alpha value is -3.67. The number of ether oxygens (including phenoxy) is 2. The van der Waals surface area contributed by atoms with Crippen molar-refractivity contribution in [1.29, 1.82) is 0 Å². The SMILES string of the molecule is CCOc1ccccc1NC(=O)[C@@H](OC(=O)c1ccc(C)c(F)c1)c1ccccc1. The van der Waals surface area contributed by atoms with Crippen molar-refractivity contribution in [3.8, 4) is 5.75 Å². The molecule has 3 aromatic carbocycles. The lowest BCUT2D eigenvalue weighted by atomic mass is 10.1. The molecule has 0 aliphatic heterocycles. The molecule has 0 aromatic heterocycles. The van der Waals surface area contributed by atoms with Crippen LogP contribution in [-0.4, -0.2) is 18.5 Å². The number of amides is 1. The van der Waals surface area contributed by atoms with Gasteiger partial charge < -0.3 is 14.8 Å². The number of carbonyl (C=O) groups excluding carboxylic acids is 2. The molecule has 0 fully saturated rings. The summed E-state index contributed by atoms with van der Waals surface area (Å²) in [5.41, 5.74) is 1.39. The zero-order valence-electron chi connectivity index (χ0n) is 16.7. The van der Waals surface area contributed by atoms with E-state index >= 15 is 0 Å². The lowest BCUT2D eigenvalue weighted by Gasteiger charge is -2.19. The molecule has 1 atom stereocenters. The number of halogens is 1. The second kappa shape index (κ2) is 9.69. The van der Waals surface area contributed by atoms with Crippen molar-refractivity contribution < 1.29 is 23.5 Å². The van der Waals surface area contributed by atoms with Crippen LogP contribution in [0, 0.1) is 12.7 Å². The van der Waals surface area contributed by atoms with Crippen LogP contribution >= 0.6 is 0 Å². The number of nitrogens with one attached hydrogen (secondary N) is 1. The summed E-state index contributed by atoms with van der Waals surface area (Å²) in [5, 5.41) is 2.76. The summed E-state index contributed by atoms with van der Waals surface area (Å²) >= 11 is 0. The Balaban J connectivity index is 1.87. The average molecular weight is 407 g/mol. The Morgan fingerprint density at radius 1 is 1.00 bits per heavy atom. The Labute approximate surface area is 174 Å². The molecule has 0 saturated heterocycles. The van der Waals surface area contributed by atoms with Gasteiger partial charge in [-0.1, -0.05) is 48.5 Å². The van der Waals surface area contributed by atoms with Crippen molar-refractivity contribution in [2.75, 3.05) is 11.9 Å². The van der Waals surface area contributed by atoms with Gasteiger partial charge in [0, 0.05) is 5.56 Å². The second-order valence-electron chi connectivity index (χ2n) is 6.58. The fraction of sp³-hybridized carbons (Fsp3) is 0.167. The fourth-order valence-electron chi connectivity index (χ4n) is 2.85. The number of benzene rings is 3. The van der Waals surface area contributed by atoms with Crippen LogP contribution in [0.5, 0.6) is 5.75 Å². The van der Waals surface area contributed by atoms with Crippen LogP contribution in [0.25, 0.3) is 0 Å². The van der Waals surface area contributed by atoms with Gasteiger partial charge in [-0.3, -0.25) is 4.79 Å². The topological polar surface area (TPSA) is 64.6 Å². The van der Waals surface area contributed by atoms with Gasteiger partial charge in [0.25, 0.3) is 5.91 Å². The molecule has 0 aliphatic carbocycles. The first-order chi connectivity index (χ1) is 14.5. The molecule has 0 heterocycles. The number of anilines is 1. The molecule has 0 unspecified atom stereocenters. The Kier molecular flexibility index (Phi) is 6.80. The van der Waals surface area contributed by atoms with Gasteiger partial charge in [0.1, 0.15) is 11.6 Å². The van der Waals surface area contributed by atoms with Crippen molar-refractivity contribution in [2.45, 2.75) is 20.0 Å². The minimum absolute atomic E-state index is 0.0292. The van der Waals surface area contributed by atoms with Crippen LogP contribution < -0.4 is 10.1 Å². The molecule has 154 valence electrons. The van der Waals surface area contributed by atoms with Gasteiger partial charge in [0.2, 0.25) is 6.10 Å². The van der Waals surface area contributed by atoms with E-state index in [1.165, 1.54) is 12.1 Å². The highest BCUT2D eigenvalue weighted by Gasteiger charge is 2.26. The third kappa shape index (κ3) is 5.03. The van der Waals surface area contributed by atoms with Gasteiger partial charge in [-0.2, -0.15) is 0 Å². The summed E-state index contributed by atoms with van der Waals surface area (Å²) in [7, 11) is 0. The number of carbonyl (C=O) groups is 2. The summed E-state index contributed by atoms with van der Waals surface area (Å²) in [5.74, 6) is -1.35. The predicted molar refractivity (Wildman–Crippen MR) is 112 cm³/mol. The highest BCUT2D eigenvalue weighted by Crippen LogP contribution is 2.27. The van der Waals surface area contributed by atoms with Crippen LogP contribution in [0.4, 0.5) is 10.1 Å². The third-order valence-electron chi connectivity index (χ3n) is 4.42. The molecule has 3 rings (SSSR count). The second-order valence-corrected chi connectivity index (χ2v) is 6.58. The largest absolute Gasteiger partial charge is 0.492 e. The van der Waals surface area contributed by atoms with Crippen LogP contribution in [0.3, 0.4) is 0 Å². The Bertz CT molecular complexity index is 1040. The predicted octanol–water partition coefficient (Wildman–Crippen LogP) is 5.07. The minimum Gasteiger partial charge on any atom is -0.492 e. The van der Waals surface area contributed by atoms with Crippen molar-refractivity contribution in [2.24, 2.45) is 0 Å². The molecule has 0 spiro atoms. The summed E-state index contributed by atoms with van der Waals surface area (Å²) in [4.78, 5) is 25.7. The quantitative estimate of drug-likeness (QED) is 0.556. The van der Waals surface area contributed by atoms with E-state index in [9.17, 15) is 14.0 Å². The van der Waals surface area contributed by atoms with E-state index < -0.39 is 23.8 Å². The zero-order valence-corrected chi connectivity index (χ0v) is 16.7. The van der Waals surface area contributed by atoms with Gasteiger partial charge in [-0.15, -0.1) is 0 Å². The van der Waals surface area contributed by atoms with Crippen LogP contribution in [0.15, 0.2) is 72.8 Å². The molecule has 0 aliphatic rings. The number of para-hydroxylation sites is 2. The molecule has 3 aromatic rings. The van der Waals surface area contributed by atoms with E-state index in [2.05, 4.69) is 5.32 Å². The highest BCUT2D eigenvalue weighted by atomic mass is 19.1. The maximum atomic E-state index is 13.9. The highest BCUT2D eigenvalue weighted by molar-refractivity contribution is 5.99. The van der Waals surface area contributed by atoms with E-state index in [0.29, 0.717) is 29.2 Å². The summed E-state index contributed by atoms with van der Waals surface area (Å²) in [6.45, 7) is 3.87. The molecule has 30 heavy (non-hydrogen) atoms. The zero-order chi connectivity index (χ0) is 21.5. The monoisotopic (exact) mass is 407 g/mol. The molecular weight excluding hydrogens is 385 g/mol. The Morgan fingerprint density at radius 3 is 2.40 bits per heavy atom. The van der Waals surface area contributed by atoms with E-state index in [4.69, 9.17) is 9.47 Å². The van der Waals surface area contributed by atoms with Crippen LogP contribution in [-0.2, 0) is 9.53 Å². The van der Waals surface area contributed by atoms with Crippen LogP contribution in [0.1, 0.15) is 34.5 Å². The fourth-order valence-corrected chi connectivity index (χ4v) is 2.85. The number of rotatable bonds is 7. The molecule has 1 amide bonds. The Morgan fingerprint density at radius 2 is 1.70 bits per heavy atom.